The predicted molar refractivity (Wildman–Crippen MR) is 117 cm³/mol. The van der Waals surface area contributed by atoms with Crippen LogP contribution in [0.4, 0.5) is 0 Å². The summed E-state index contributed by atoms with van der Waals surface area (Å²) in [4.78, 5) is 24.2. The van der Waals surface area contributed by atoms with Gasteiger partial charge in [-0.25, -0.2) is 4.79 Å². The summed E-state index contributed by atoms with van der Waals surface area (Å²) in [5, 5.41) is 2.74. The third-order valence-corrected chi connectivity index (χ3v) is 4.65. The topological polar surface area (TPSA) is 73.9 Å². The summed E-state index contributed by atoms with van der Waals surface area (Å²) in [6.45, 7) is 2.18. The fourth-order valence-corrected chi connectivity index (χ4v) is 2.94. The SMILES string of the molecule is COc1cc(CNC(=O)COC(=O)c2ccccc2C)ccc1OCc1ccccc1. The molecule has 0 heterocycles. The zero-order valence-electron chi connectivity index (χ0n) is 17.6. The van der Waals surface area contributed by atoms with Crippen molar-refractivity contribution in [2.75, 3.05) is 13.7 Å². The summed E-state index contributed by atoms with van der Waals surface area (Å²) in [7, 11) is 1.57. The first-order valence-electron chi connectivity index (χ1n) is 9.90. The second-order valence-corrected chi connectivity index (χ2v) is 6.93. The smallest absolute Gasteiger partial charge is 0.338 e. The Morgan fingerprint density at radius 2 is 1.61 bits per heavy atom. The molecule has 0 aromatic heterocycles. The average molecular weight is 419 g/mol. The van der Waals surface area contributed by atoms with Crippen LogP contribution in [0.1, 0.15) is 27.0 Å². The maximum atomic E-state index is 12.1. The minimum atomic E-state index is -0.519. The van der Waals surface area contributed by atoms with E-state index in [2.05, 4.69) is 5.32 Å². The molecule has 0 aliphatic rings. The van der Waals surface area contributed by atoms with Gasteiger partial charge >= 0.3 is 5.97 Å². The molecule has 0 saturated heterocycles. The Hall–Kier alpha value is -3.80. The van der Waals surface area contributed by atoms with Gasteiger partial charge in [0.1, 0.15) is 6.61 Å². The fourth-order valence-electron chi connectivity index (χ4n) is 2.94. The van der Waals surface area contributed by atoms with E-state index in [-0.39, 0.29) is 19.1 Å². The van der Waals surface area contributed by atoms with Crippen molar-refractivity contribution in [3.8, 4) is 11.5 Å². The lowest BCUT2D eigenvalue weighted by Gasteiger charge is -2.13. The van der Waals surface area contributed by atoms with Crippen LogP contribution in [-0.4, -0.2) is 25.6 Å². The third-order valence-electron chi connectivity index (χ3n) is 4.65. The quantitative estimate of drug-likeness (QED) is 0.530. The number of amides is 1. The Morgan fingerprint density at radius 3 is 2.35 bits per heavy atom. The second kappa shape index (κ2) is 10.8. The van der Waals surface area contributed by atoms with Crippen molar-refractivity contribution in [1.29, 1.82) is 0 Å². The average Bonchev–Trinajstić information content (AvgIpc) is 2.81. The fraction of sp³-hybridized carbons (Fsp3) is 0.200. The van der Waals surface area contributed by atoms with Crippen LogP contribution in [0.5, 0.6) is 11.5 Å². The molecule has 0 aliphatic carbocycles. The van der Waals surface area contributed by atoms with Gasteiger partial charge in [-0.1, -0.05) is 54.6 Å². The summed E-state index contributed by atoms with van der Waals surface area (Å²) in [5.74, 6) is 0.294. The first-order valence-corrected chi connectivity index (χ1v) is 9.90. The Bertz CT molecular complexity index is 1030. The summed E-state index contributed by atoms with van der Waals surface area (Å²) in [5.41, 5.74) is 3.14. The molecule has 6 nitrogen and oxygen atoms in total. The minimum Gasteiger partial charge on any atom is -0.493 e. The molecule has 3 rings (SSSR count). The van der Waals surface area contributed by atoms with Crippen molar-refractivity contribution in [3.63, 3.8) is 0 Å². The lowest BCUT2D eigenvalue weighted by molar-refractivity contribution is -0.124. The lowest BCUT2D eigenvalue weighted by atomic mass is 10.1. The van der Waals surface area contributed by atoms with Crippen LogP contribution in [0.3, 0.4) is 0 Å². The summed E-state index contributed by atoms with van der Waals surface area (Å²) >= 11 is 0. The van der Waals surface area contributed by atoms with E-state index in [9.17, 15) is 9.59 Å². The molecule has 0 fully saturated rings. The van der Waals surface area contributed by atoms with Gasteiger partial charge in [-0.15, -0.1) is 0 Å². The van der Waals surface area contributed by atoms with Crippen molar-refractivity contribution in [2.24, 2.45) is 0 Å². The van der Waals surface area contributed by atoms with Crippen molar-refractivity contribution in [2.45, 2.75) is 20.1 Å². The zero-order chi connectivity index (χ0) is 22.1. The van der Waals surface area contributed by atoms with Crippen molar-refractivity contribution < 1.29 is 23.8 Å². The van der Waals surface area contributed by atoms with Gasteiger partial charge in [0.2, 0.25) is 0 Å². The van der Waals surface area contributed by atoms with E-state index >= 15 is 0 Å². The summed E-state index contributed by atoms with van der Waals surface area (Å²) < 4.78 is 16.4. The van der Waals surface area contributed by atoms with Gasteiger partial charge in [-0.2, -0.15) is 0 Å². The standard InChI is InChI=1S/C25H25NO5/c1-18-8-6-7-11-21(18)25(28)31-17-24(27)26-15-20-12-13-22(23(14-20)29-2)30-16-19-9-4-3-5-10-19/h3-14H,15-17H2,1-2H3,(H,26,27). The highest BCUT2D eigenvalue weighted by atomic mass is 16.5. The number of carbonyl (C=O) groups is 2. The molecule has 0 spiro atoms. The maximum Gasteiger partial charge on any atom is 0.338 e. The molecule has 1 amide bonds. The number of aryl methyl sites for hydroxylation is 1. The van der Waals surface area contributed by atoms with Crippen molar-refractivity contribution in [3.05, 3.63) is 95.1 Å². The molecule has 0 aliphatic heterocycles. The lowest BCUT2D eigenvalue weighted by Crippen LogP contribution is -2.28. The number of esters is 1. The van der Waals surface area contributed by atoms with Crippen LogP contribution in [-0.2, 0) is 22.7 Å². The van der Waals surface area contributed by atoms with E-state index in [4.69, 9.17) is 14.2 Å². The third kappa shape index (κ3) is 6.34. The highest BCUT2D eigenvalue weighted by Gasteiger charge is 2.12. The van der Waals surface area contributed by atoms with Gasteiger partial charge in [0, 0.05) is 6.54 Å². The Balaban J connectivity index is 1.50. The van der Waals surface area contributed by atoms with E-state index < -0.39 is 5.97 Å². The molecule has 3 aromatic carbocycles. The number of hydrogen-bond acceptors (Lipinski definition) is 5. The first kappa shape index (κ1) is 21.9. The van der Waals surface area contributed by atoms with E-state index in [0.717, 1.165) is 16.7 Å². The Kier molecular flexibility index (Phi) is 7.65. The molecule has 160 valence electrons. The first-order chi connectivity index (χ1) is 15.1. The number of hydrogen-bond donors (Lipinski definition) is 1. The van der Waals surface area contributed by atoms with Crippen LogP contribution in [0.25, 0.3) is 0 Å². The van der Waals surface area contributed by atoms with Gasteiger partial charge in [0.05, 0.1) is 12.7 Å². The number of nitrogens with one attached hydrogen (secondary N) is 1. The molecule has 6 heteroatoms. The van der Waals surface area contributed by atoms with Crippen LogP contribution in [0, 0.1) is 6.92 Å². The van der Waals surface area contributed by atoms with Gasteiger partial charge in [-0.3, -0.25) is 4.79 Å². The predicted octanol–water partition coefficient (Wildman–Crippen LogP) is 4.06. The Morgan fingerprint density at radius 1 is 0.871 bits per heavy atom. The van der Waals surface area contributed by atoms with E-state index in [1.54, 1.807) is 25.3 Å². The van der Waals surface area contributed by atoms with Crippen LogP contribution in [0.2, 0.25) is 0 Å². The molecule has 0 atom stereocenters. The van der Waals surface area contributed by atoms with E-state index in [1.165, 1.54) is 0 Å². The van der Waals surface area contributed by atoms with E-state index in [1.807, 2.05) is 61.5 Å². The second-order valence-electron chi connectivity index (χ2n) is 6.93. The van der Waals surface area contributed by atoms with Crippen molar-refractivity contribution in [1.82, 2.24) is 5.32 Å². The number of carbonyl (C=O) groups excluding carboxylic acids is 2. The van der Waals surface area contributed by atoms with Gasteiger partial charge in [0.25, 0.3) is 5.91 Å². The molecule has 0 saturated carbocycles. The summed E-state index contributed by atoms with van der Waals surface area (Å²) in [6, 6.07) is 22.4. The Labute approximate surface area is 181 Å². The van der Waals surface area contributed by atoms with Gasteiger partial charge in [-0.05, 0) is 41.8 Å². The molecule has 3 aromatic rings. The van der Waals surface area contributed by atoms with Gasteiger partial charge < -0.3 is 19.5 Å². The number of benzene rings is 3. The van der Waals surface area contributed by atoms with Gasteiger partial charge in [0.15, 0.2) is 18.1 Å². The van der Waals surface area contributed by atoms with Crippen molar-refractivity contribution >= 4 is 11.9 Å². The normalized spacial score (nSPS) is 10.3. The van der Waals surface area contributed by atoms with E-state index in [0.29, 0.717) is 23.7 Å². The highest BCUT2D eigenvalue weighted by Crippen LogP contribution is 2.28. The molecule has 0 radical (unpaired) electrons. The minimum absolute atomic E-state index is 0.274. The molecule has 0 bridgehead atoms. The monoisotopic (exact) mass is 419 g/mol. The largest absolute Gasteiger partial charge is 0.493 e. The number of rotatable bonds is 9. The summed E-state index contributed by atoms with van der Waals surface area (Å²) in [6.07, 6.45) is 0. The van der Waals surface area contributed by atoms with Crippen LogP contribution >= 0.6 is 0 Å². The maximum absolute atomic E-state index is 12.1. The highest BCUT2D eigenvalue weighted by molar-refractivity contribution is 5.92. The number of methoxy groups -OCH3 is 1. The van der Waals surface area contributed by atoms with Crippen LogP contribution < -0.4 is 14.8 Å². The zero-order valence-corrected chi connectivity index (χ0v) is 17.6. The molecule has 0 unspecified atom stereocenters. The van der Waals surface area contributed by atoms with Crippen LogP contribution in [0.15, 0.2) is 72.8 Å². The molecular weight excluding hydrogens is 394 g/mol. The molecule has 1 N–H and O–H groups in total. The molecule has 31 heavy (non-hydrogen) atoms. The number of ether oxygens (including phenoxy) is 3. The molecular formula is C25H25NO5.